The van der Waals surface area contributed by atoms with Gasteiger partial charge in [-0.25, -0.2) is 0 Å². The number of morpholine rings is 1. The molecule has 6 heteroatoms. The zero-order chi connectivity index (χ0) is 17.8. The Balaban J connectivity index is 1.46. The van der Waals surface area contributed by atoms with Crippen molar-refractivity contribution >= 4 is 5.91 Å². The number of carbonyl (C=O) groups excluding carboxylic acids is 1. The Morgan fingerprint density at radius 1 is 1.15 bits per heavy atom. The number of hydrogen-bond acceptors (Lipinski definition) is 4. The standard InChI is InChI=1S/C20H26N4O2/c25-20(23-8-10-26-11-9-23)12-18-14-22(13-17-3-5-21-6-4-17)16-19-2-1-7-24(19)15-18/h1-7,18H,8-16H2. The molecule has 2 aromatic rings. The van der Waals surface area contributed by atoms with Gasteiger partial charge in [0, 0.05) is 70.0 Å². The van der Waals surface area contributed by atoms with Crippen molar-refractivity contribution in [2.45, 2.75) is 26.1 Å². The molecule has 138 valence electrons. The lowest BCUT2D eigenvalue weighted by molar-refractivity contribution is -0.136. The maximum atomic E-state index is 12.7. The van der Waals surface area contributed by atoms with Crippen molar-refractivity contribution < 1.29 is 9.53 Å². The van der Waals surface area contributed by atoms with E-state index in [1.165, 1.54) is 11.3 Å². The van der Waals surface area contributed by atoms with Crippen LogP contribution in [0.2, 0.25) is 0 Å². The lowest BCUT2D eigenvalue weighted by Crippen LogP contribution is -2.42. The minimum atomic E-state index is 0.262. The summed E-state index contributed by atoms with van der Waals surface area (Å²) >= 11 is 0. The average Bonchev–Trinajstić information content (AvgIpc) is 3.03. The van der Waals surface area contributed by atoms with Crippen molar-refractivity contribution in [3.63, 3.8) is 0 Å². The molecular weight excluding hydrogens is 328 g/mol. The summed E-state index contributed by atoms with van der Waals surface area (Å²) in [6, 6.07) is 8.42. The number of amides is 1. The van der Waals surface area contributed by atoms with Crippen molar-refractivity contribution in [3.8, 4) is 0 Å². The number of fused-ring (bicyclic) bond motifs is 1. The van der Waals surface area contributed by atoms with Crippen LogP contribution in [0.3, 0.4) is 0 Å². The van der Waals surface area contributed by atoms with E-state index in [4.69, 9.17) is 4.74 Å². The highest BCUT2D eigenvalue weighted by Crippen LogP contribution is 2.22. The molecule has 2 aliphatic rings. The van der Waals surface area contributed by atoms with Gasteiger partial charge in [-0.3, -0.25) is 14.7 Å². The van der Waals surface area contributed by atoms with E-state index in [9.17, 15) is 4.79 Å². The molecule has 26 heavy (non-hydrogen) atoms. The second kappa shape index (κ2) is 8.01. The summed E-state index contributed by atoms with van der Waals surface area (Å²) in [5.41, 5.74) is 2.58. The fourth-order valence-corrected chi connectivity index (χ4v) is 3.95. The Labute approximate surface area is 154 Å². The zero-order valence-corrected chi connectivity index (χ0v) is 15.1. The summed E-state index contributed by atoms with van der Waals surface area (Å²) in [5.74, 6) is 0.582. The monoisotopic (exact) mass is 354 g/mol. The number of rotatable bonds is 4. The molecule has 1 atom stereocenters. The third-order valence-corrected chi connectivity index (χ3v) is 5.26. The van der Waals surface area contributed by atoms with Gasteiger partial charge in [-0.05, 0) is 35.7 Å². The van der Waals surface area contributed by atoms with E-state index in [-0.39, 0.29) is 5.91 Å². The number of ether oxygens (including phenoxy) is 1. The second-order valence-electron chi connectivity index (χ2n) is 7.24. The predicted molar refractivity (Wildman–Crippen MR) is 98.3 cm³/mol. The summed E-state index contributed by atoms with van der Waals surface area (Å²) in [7, 11) is 0. The highest BCUT2D eigenvalue weighted by Gasteiger charge is 2.26. The van der Waals surface area contributed by atoms with E-state index in [1.807, 2.05) is 17.3 Å². The third-order valence-electron chi connectivity index (χ3n) is 5.26. The maximum absolute atomic E-state index is 12.7. The fraction of sp³-hybridized carbons (Fsp3) is 0.500. The first kappa shape index (κ1) is 17.2. The van der Waals surface area contributed by atoms with Crippen molar-refractivity contribution in [1.29, 1.82) is 0 Å². The van der Waals surface area contributed by atoms with E-state index in [2.05, 4.69) is 44.9 Å². The lowest BCUT2D eigenvalue weighted by atomic mass is 10.0. The van der Waals surface area contributed by atoms with Crippen LogP contribution < -0.4 is 0 Å². The minimum absolute atomic E-state index is 0.262. The van der Waals surface area contributed by atoms with Crippen LogP contribution in [0.5, 0.6) is 0 Å². The van der Waals surface area contributed by atoms with Gasteiger partial charge in [-0.15, -0.1) is 0 Å². The van der Waals surface area contributed by atoms with E-state index in [0.717, 1.165) is 39.3 Å². The van der Waals surface area contributed by atoms with Gasteiger partial charge < -0.3 is 14.2 Å². The van der Waals surface area contributed by atoms with E-state index in [0.29, 0.717) is 25.6 Å². The molecule has 0 radical (unpaired) electrons. The third kappa shape index (κ3) is 4.14. The lowest BCUT2D eigenvalue weighted by Gasteiger charge is -2.29. The Hall–Kier alpha value is -2.18. The van der Waals surface area contributed by atoms with Gasteiger partial charge in [-0.1, -0.05) is 0 Å². The van der Waals surface area contributed by atoms with Crippen LogP contribution in [0.25, 0.3) is 0 Å². The van der Waals surface area contributed by atoms with Crippen LogP contribution in [0, 0.1) is 5.92 Å². The first-order chi connectivity index (χ1) is 12.8. The maximum Gasteiger partial charge on any atom is 0.223 e. The van der Waals surface area contributed by atoms with Crippen LogP contribution in [0.1, 0.15) is 17.7 Å². The van der Waals surface area contributed by atoms with E-state index >= 15 is 0 Å². The van der Waals surface area contributed by atoms with E-state index in [1.54, 1.807) is 0 Å². The smallest absolute Gasteiger partial charge is 0.223 e. The molecule has 0 aliphatic carbocycles. The van der Waals surface area contributed by atoms with Gasteiger partial charge in [0.25, 0.3) is 0 Å². The average molecular weight is 354 g/mol. The molecule has 1 saturated heterocycles. The van der Waals surface area contributed by atoms with Gasteiger partial charge >= 0.3 is 0 Å². The Kier molecular flexibility index (Phi) is 5.32. The van der Waals surface area contributed by atoms with Crippen LogP contribution in [-0.2, 0) is 29.2 Å². The van der Waals surface area contributed by atoms with Gasteiger partial charge in [0.1, 0.15) is 0 Å². The molecule has 4 heterocycles. The molecule has 0 aromatic carbocycles. The first-order valence-corrected chi connectivity index (χ1v) is 9.39. The molecule has 1 fully saturated rings. The van der Waals surface area contributed by atoms with Gasteiger partial charge in [0.2, 0.25) is 5.91 Å². The quantitative estimate of drug-likeness (QED) is 0.840. The molecular formula is C20H26N4O2. The zero-order valence-electron chi connectivity index (χ0n) is 15.1. The SMILES string of the molecule is O=C(CC1CN(Cc2ccncc2)Cc2cccn2C1)N1CCOCC1. The van der Waals surface area contributed by atoms with Gasteiger partial charge in [-0.2, -0.15) is 0 Å². The Morgan fingerprint density at radius 3 is 2.77 bits per heavy atom. The summed E-state index contributed by atoms with van der Waals surface area (Å²) in [5, 5.41) is 0. The Morgan fingerprint density at radius 2 is 1.96 bits per heavy atom. The molecule has 0 N–H and O–H groups in total. The highest BCUT2D eigenvalue weighted by atomic mass is 16.5. The number of aromatic nitrogens is 2. The molecule has 1 amide bonds. The normalized spacial score (nSPS) is 21.2. The van der Waals surface area contributed by atoms with Crippen molar-refractivity contribution in [3.05, 3.63) is 54.1 Å². The molecule has 0 saturated carbocycles. The summed E-state index contributed by atoms with van der Waals surface area (Å²) in [6.07, 6.45) is 6.42. The Bertz CT molecular complexity index is 724. The number of hydrogen-bond donors (Lipinski definition) is 0. The first-order valence-electron chi connectivity index (χ1n) is 9.39. The van der Waals surface area contributed by atoms with Gasteiger partial charge in [0.15, 0.2) is 0 Å². The van der Waals surface area contributed by atoms with Crippen LogP contribution in [0.4, 0.5) is 0 Å². The molecule has 6 nitrogen and oxygen atoms in total. The summed E-state index contributed by atoms with van der Waals surface area (Å²) in [6.45, 7) is 6.40. The topological polar surface area (TPSA) is 50.6 Å². The molecule has 2 aliphatic heterocycles. The fourth-order valence-electron chi connectivity index (χ4n) is 3.95. The molecule has 4 rings (SSSR count). The largest absolute Gasteiger partial charge is 0.378 e. The molecule has 0 bridgehead atoms. The van der Waals surface area contributed by atoms with Crippen LogP contribution in [0.15, 0.2) is 42.9 Å². The highest BCUT2D eigenvalue weighted by molar-refractivity contribution is 5.76. The number of pyridine rings is 1. The number of nitrogens with zero attached hydrogens (tertiary/aromatic N) is 4. The number of carbonyl (C=O) groups is 1. The van der Waals surface area contributed by atoms with Crippen molar-refractivity contribution in [2.75, 3.05) is 32.8 Å². The minimum Gasteiger partial charge on any atom is -0.378 e. The summed E-state index contributed by atoms with van der Waals surface area (Å²) in [4.78, 5) is 21.2. The van der Waals surface area contributed by atoms with Crippen molar-refractivity contribution in [1.82, 2.24) is 19.4 Å². The molecule has 2 aromatic heterocycles. The predicted octanol–water partition coefficient (Wildman–Crippen LogP) is 1.76. The summed E-state index contributed by atoms with van der Waals surface area (Å²) < 4.78 is 7.68. The van der Waals surface area contributed by atoms with Crippen LogP contribution >= 0.6 is 0 Å². The molecule has 1 unspecified atom stereocenters. The van der Waals surface area contributed by atoms with Crippen molar-refractivity contribution in [2.24, 2.45) is 5.92 Å². The van der Waals surface area contributed by atoms with Crippen LogP contribution in [-0.4, -0.2) is 58.1 Å². The molecule has 0 spiro atoms. The van der Waals surface area contributed by atoms with E-state index < -0.39 is 0 Å². The second-order valence-corrected chi connectivity index (χ2v) is 7.24. The van der Waals surface area contributed by atoms with Gasteiger partial charge in [0.05, 0.1) is 13.2 Å².